The highest BCUT2D eigenvalue weighted by Crippen LogP contribution is 2.34. The van der Waals surface area contributed by atoms with Gasteiger partial charge in [0.05, 0.1) is 6.04 Å². The quantitative estimate of drug-likeness (QED) is 0.651. The van der Waals surface area contributed by atoms with Crippen LogP contribution in [0.2, 0.25) is 0 Å². The Bertz CT molecular complexity index is 454. The van der Waals surface area contributed by atoms with E-state index in [1.807, 2.05) is 0 Å². The summed E-state index contributed by atoms with van der Waals surface area (Å²) in [5, 5.41) is 3.49. The lowest BCUT2D eigenvalue weighted by Gasteiger charge is -2.23. The fourth-order valence-corrected chi connectivity index (χ4v) is 3.61. The Hall–Kier alpha value is -0.120. The van der Waals surface area contributed by atoms with Gasteiger partial charge in [-0.15, -0.1) is 0 Å². The van der Waals surface area contributed by atoms with E-state index in [1.54, 1.807) is 5.57 Å². The van der Waals surface area contributed by atoms with E-state index < -0.39 is 0 Å². The van der Waals surface area contributed by atoms with Gasteiger partial charge in [-0.3, -0.25) is 0 Å². The number of halogens is 2. The van der Waals surface area contributed by atoms with Crippen LogP contribution in [0.1, 0.15) is 50.1 Å². The lowest BCUT2D eigenvalue weighted by Crippen LogP contribution is -2.19. The highest BCUT2D eigenvalue weighted by atomic mass is 79.9. The van der Waals surface area contributed by atoms with Gasteiger partial charge in [-0.25, -0.2) is 0 Å². The van der Waals surface area contributed by atoms with Crippen LogP contribution >= 0.6 is 31.9 Å². The zero-order chi connectivity index (χ0) is 13.7. The summed E-state index contributed by atoms with van der Waals surface area (Å²) in [5.74, 6) is 0. The molecule has 1 nitrogen and oxygen atoms in total. The van der Waals surface area contributed by atoms with Gasteiger partial charge in [-0.1, -0.05) is 56.4 Å². The molecule has 0 saturated heterocycles. The van der Waals surface area contributed by atoms with Crippen molar-refractivity contribution in [2.75, 3.05) is 7.05 Å². The number of hydrogen-bond donors (Lipinski definition) is 1. The summed E-state index contributed by atoms with van der Waals surface area (Å²) < 4.78 is 2.32. The van der Waals surface area contributed by atoms with Crippen LogP contribution in [-0.4, -0.2) is 7.05 Å². The molecule has 1 aromatic carbocycles. The van der Waals surface area contributed by atoms with E-state index in [2.05, 4.69) is 68.5 Å². The summed E-state index contributed by atoms with van der Waals surface area (Å²) in [6.45, 7) is 0. The minimum atomic E-state index is 0.324. The van der Waals surface area contributed by atoms with Gasteiger partial charge in [0.2, 0.25) is 0 Å². The summed E-state index contributed by atoms with van der Waals surface area (Å²) in [5.41, 5.74) is 2.87. The molecule has 0 fully saturated rings. The van der Waals surface area contributed by atoms with Crippen LogP contribution < -0.4 is 5.32 Å². The van der Waals surface area contributed by atoms with Gasteiger partial charge in [-0.05, 0) is 56.5 Å². The summed E-state index contributed by atoms with van der Waals surface area (Å²) in [6, 6.07) is 6.73. The monoisotopic (exact) mass is 385 g/mol. The Morgan fingerprint density at radius 2 is 1.89 bits per heavy atom. The molecule has 1 aliphatic rings. The number of nitrogens with one attached hydrogen (secondary N) is 1. The molecular weight excluding hydrogens is 366 g/mol. The maximum absolute atomic E-state index is 3.69. The fourth-order valence-electron chi connectivity index (χ4n) is 2.76. The summed E-state index contributed by atoms with van der Waals surface area (Å²) in [4.78, 5) is 0. The highest BCUT2D eigenvalue weighted by molar-refractivity contribution is 9.11. The second kappa shape index (κ2) is 7.61. The maximum atomic E-state index is 3.69. The third-order valence-electron chi connectivity index (χ3n) is 3.75. The molecule has 0 spiro atoms. The summed E-state index contributed by atoms with van der Waals surface area (Å²) in [6.07, 6.45) is 10.3. The Kier molecular flexibility index (Phi) is 6.11. The molecule has 0 bridgehead atoms. The first-order valence-electron chi connectivity index (χ1n) is 7.03. The molecule has 1 N–H and O–H groups in total. The number of likely N-dealkylation sites (N-methyl/N-ethyl adjacent to an activating group) is 1. The SMILES string of the molecule is CNC(/C1=C/CCCCCC1)c1cc(Br)ccc1Br. The molecule has 1 aromatic rings. The molecule has 0 amide bonds. The normalized spacial score (nSPS) is 21.1. The first-order valence-corrected chi connectivity index (χ1v) is 8.62. The van der Waals surface area contributed by atoms with Crippen molar-refractivity contribution in [1.29, 1.82) is 0 Å². The van der Waals surface area contributed by atoms with Crippen LogP contribution in [0.4, 0.5) is 0 Å². The Labute approximate surface area is 133 Å². The van der Waals surface area contributed by atoms with Gasteiger partial charge in [0.25, 0.3) is 0 Å². The van der Waals surface area contributed by atoms with Crippen molar-refractivity contribution in [3.63, 3.8) is 0 Å². The predicted molar refractivity (Wildman–Crippen MR) is 89.4 cm³/mol. The van der Waals surface area contributed by atoms with Gasteiger partial charge in [0.1, 0.15) is 0 Å². The Morgan fingerprint density at radius 1 is 1.11 bits per heavy atom. The molecule has 0 heterocycles. The zero-order valence-electron chi connectivity index (χ0n) is 11.4. The highest BCUT2D eigenvalue weighted by Gasteiger charge is 2.18. The molecular formula is C16H21Br2N. The first-order chi connectivity index (χ1) is 9.22. The fraction of sp³-hybridized carbons (Fsp3) is 0.500. The second-order valence-electron chi connectivity index (χ2n) is 5.12. The van der Waals surface area contributed by atoms with Crippen molar-refractivity contribution in [2.24, 2.45) is 0 Å². The molecule has 1 unspecified atom stereocenters. The number of benzene rings is 1. The van der Waals surface area contributed by atoms with Gasteiger partial charge in [0, 0.05) is 8.95 Å². The Morgan fingerprint density at radius 3 is 2.68 bits per heavy atom. The van der Waals surface area contributed by atoms with E-state index in [1.165, 1.54) is 48.6 Å². The van der Waals surface area contributed by atoms with Crippen LogP contribution in [0, 0.1) is 0 Å². The summed E-state index contributed by atoms with van der Waals surface area (Å²) >= 11 is 7.26. The standard InChI is InChI=1S/C16H21Br2N/c1-19-16(12-7-5-3-2-4-6-8-12)14-11-13(17)9-10-15(14)18/h7,9-11,16,19H,2-6,8H2,1H3/b12-7+. The van der Waals surface area contributed by atoms with E-state index >= 15 is 0 Å². The molecule has 1 atom stereocenters. The smallest absolute Gasteiger partial charge is 0.0545 e. The van der Waals surface area contributed by atoms with E-state index in [0.29, 0.717) is 6.04 Å². The molecule has 2 rings (SSSR count). The zero-order valence-corrected chi connectivity index (χ0v) is 14.6. The van der Waals surface area contributed by atoms with Crippen LogP contribution in [0.3, 0.4) is 0 Å². The molecule has 0 aromatic heterocycles. The number of allylic oxidation sites excluding steroid dienone is 1. The van der Waals surface area contributed by atoms with Crippen molar-refractivity contribution < 1.29 is 0 Å². The van der Waals surface area contributed by atoms with E-state index in [0.717, 1.165) is 4.47 Å². The number of rotatable bonds is 3. The molecule has 1 aliphatic carbocycles. The summed E-state index contributed by atoms with van der Waals surface area (Å²) in [7, 11) is 2.05. The first kappa shape index (κ1) is 15.3. The van der Waals surface area contributed by atoms with Gasteiger partial charge < -0.3 is 5.32 Å². The molecule has 0 saturated carbocycles. The van der Waals surface area contributed by atoms with Crippen LogP contribution in [0.15, 0.2) is 38.8 Å². The van der Waals surface area contributed by atoms with Crippen molar-refractivity contribution >= 4 is 31.9 Å². The molecule has 3 heteroatoms. The van der Waals surface area contributed by atoms with Gasteiger partial charge in [-0.2, -0.15) is 0 Å². The van der Waals surface area contributed by atoms with Crippen LogP contribution in [-0.2, 0) is 0 Å². The van der Waals surface area contributed by atoms with Gasteiger partial charge in [0.15, 0.2) is 0 Å². The molecule has 0 aliphatic heterocycles. The van der Waals surface area contributed by atoms with E-state index in [-0.39, 0.29) is 0 Å². The second-order valence-corrected chi connectivity index (χ2v) is 6.89. The number of hydrogen-bond acceptors (Lipinski definition) is 1. The van der Waals surface area contributed by atoms with Crippen molar-refractivity contribution in [2.45, 2.75) is 44.6 Å². The van der Waals surface area contributed by atoms with Crippen molar-refractivity contribution in [3.8, 4) is 0 Å². The third-order valence-corrected chi connectivity index (χ3v) is 4.97. The van der Waals surface area contributed by atoms with E-state index in [4.69, 9.17) is 0 Å². The largest absolute Gasteiger partial charge is 0.310 e. The van der Waals surface area contributed by atoms with Crippen molar-refractivity contribution in [1.82, 2.24) is 5.32 Å². The third kappa shape index (κ3) is 4.17. The van der Waals surface area contributed by atoms with Crippen LogP contribution in [0.25, 0.3) is 0 Å². The molecule has 19 heavy (non-hydrogen) atoms. The maximum Gasteiger partial charge on any atom is 0.0545 e. The predicted octanol–water partition coefficient (Wildman–Crippen LogP) is 5.75. The lowest BCUT2D eigenvalue weighted by molar-refractivity contribution is 0.573. The van der Waals surface area contributed by atoms with E-state index in [9.17, 15) is 0 Å². The average Bonchev–Trinajstić information content (AvgIpc) is 2.36. The Balaban J connectivity index is 2.29. The minimum absolute atomic E-state index is 0.324. The van der Waals surface area contributed by atoms with Crippen molar-refractivity contribution in [3.05, 3.63) is 44.4 Å². The topological polar surface area (TPSA) is 12.0 Å². The van der Waals surface area contributed by atoms with Crippen LogP contribution in [0.5, 0.6) is 0 Å². The van der Waals surface area contributed by atoms with Gasteiger partial charge >= 0.3 is 0 Å². The molecule has 0 radical (unpaired) electrons. The minimum Gasteiger partial charge on any atom is -0.310 e. The molecule has 104 valence electrons. The lowest BCUT2D eigenvalue weighted by atomic mass is 9.91. The average molecular weight is 387 g/mol.